The molecule has 0 atom stereocenters. The maximum atomic E-state index is 12.6. The predicted molar refractivity (Wildman–Crippen MR) is 121 cm³/mol. The van der Waals surface area contributed by atoms with Crippen molar-refractivity contribution < 1.29 is 9.53 Å². The molecule has 0 fully saturated rings. The lowest BCUT2D eigenvalue weighted by molar-refractivity contribution is 0.102. The molecule has 30 heavy (non-hydrogen) atoms. The Morgan fingerprint density at radius 2 is 1.33 bits per heavy atom. The molecule has 0 spiro atoms. The summed E-state index contributed by atoms with van der Waals surface area (Å²) in [6.07, 6.45) is 0. The summed E-state index contributed by atoms with van der Waals surface area (Å²) in [4.78, 5) is 22.0. The molecule has 0 aliphatic heterocycles. The van der Waals surface area contributed by atoms with Crippen molar-refractivity contribution in [2.24, 2.45) is 0 Å². The molecule has 5 heteroatoms. The molecule has 0 bridgehead atoms. The molecule has 0 amide bonds. The van der Waals surface area contributed by atoms with Gasteiger partial charge < -0.3 is 4.74 Å². The average molecular weight is 413 g/mol. The van der Waals surface area contributed by atoms with E-state index in [4.69, 9.17) is 14.7 Å². The Labute approximate surface area is 180 Å². The molecule has 1 heterocycles. The number of thioether (sulfide) groups is 1. The molecule has 148 valence electrons. The maximum Gasteiger partial charge on any atom is 0.189 e. The first-order valence-corrected chi connectivity index (χ1v) is 10.5. The second-order valence-electron chi connectivity index (χ2n) is 6.59. The minimum Gasteiger partial charge on any atom is -0.497 e. The smallest absolute Gasteiger partial charge is 0.189 e. The van der Waals surface area contributed by atoms with Crippen molar-refractivity contribution >= 4 is 17.5 Å². The van der Waals surface area contributed by atoms with Gasteiger partial charge in [-0.15, -0.1) is 0 Å². The van der Waals surface area contributed by atoms with Gasteiger partial charge in [0.1, 0.15) is 5.75 Å². The van der Waals surface area contributed by atoms with Gasteiger partial charge in [-0.25, -0.2) is 9.97 Å². The summed E-state index contributed by atoms with van der Waals surface area (Å²) in [5, 5.41) is 0.581. The van der Waals surface area contributed by atoms with E-state index in [9.17, 15) is 4.79 Å². The van der Waals surface area contributed by atoms with Crippen LogP contribution < -0.4 is 4.74 Å². The minimum atomic E-state index is 0.0256. The molecule has 3 aromatic carbocycles. The highest BCUT2D eigenvalue weighted by Gasteiger charge is 2.12. The fraction of sp³-hybridized carbons (Fsp3) is 0.0800. The molecule has 4 aromatic rings. The average Bonchev–Trinajstić information content (AvgIpc) is 2.83. The number of carbonyl (C=O) groups is 1. The Bertz CT molecular complexity index is 1070. The lowest BCUT2D eigenvalue weighted by Crippen LogP contribution is -2.04. The van der Waals surface area contributed by atoms with Gasteiger partial charge >= 0.3 is 0 Å². The van der Waals surface area contributed by atoms with Crippen molar-refractivity contribution in [1.82, 2.24) is 9.97 Å². The van der Waals surface area contributed by atoms with E-state index in [-0.39, 0.29) is 11.5 Å². The number of Topliss-reactive ketones (excluding diaryl/α,β-unsaturated/α-hetero) is 1. The van der Waals surface area contributed by atoms with Gasteiger partial charge in [0.2, 0.25) is 0 Å². The number of hydrogen-bond donors (Lipinski definition) is 0. The number of methoxy groups -OCH3 is 1. The number of carbonyl (C=O) groups excluding carboxylic acids is 1. The Kier molecular flexibility index (Phi) is 6.20. The quantitative estimate of drug-likeness (QED) is 0.218. The Balaban J connectivity index is 1.60. The van der Waals surface area contributed by atoms with Crippen LogP contribution >= 0.6 is 11.8 Å². The van der Waals surface area contributed by atoms with Gasteiger partial charge in [-0.1, -0.05) is 72.4 Å². The molecule has 0 aliphatic carbocycles. The van der Waals surface area contributed by atoms with Gasteiger partial charge in [0.25, 0.3) is 0 Å². The van der Waals surface area contributed by atoms with Gasteiger partial charge in [-0.2, -0.15) is 0 Å². The summed E-state index contributed by atoms with van der Waals surface area (Å²) in [5.41, 5.74) is 4.35. The first kappa shape index (κ1) is 19.9. The highest BCUT2D eigenvalue weighted by molar-refractivity contribution is 7.99. The van der Waals surface area contributed by atoms with Crippen LogP contribution in [0.2, 0.25) is 0 Å². The van der Waals surface area contributed by atoms with E-state index in [2.05, 4.69) is 0 Å². The summed E-state index contributed by atoms with van der Waals surface area (Å²) in [7, 11) is 1.61. The summed E-state index contributed by atoms with van der Waals surface area (Å²) in [6, 6.07) is 29.1. The predicted octanol–water partition coefficient (Wildman–Crippen LogP) is 5.79. The Hall–Kier alpha value is -3.44. The van der Waals surface area contributed by atoms with Crippen molar-refractivity contribution in [3.63, 3.8) is 0 Å². The lowest BCUT2D eigenvalue weighted by Gasteiger charge is -2.09. The van der Waals surface area contributed by atoms with Crippen LogP contribution in [0, 0.1) is 0 Å². The molecule has 4 rings (SSSR count). The van der Waals surface area contributed by atoms with Crippen LogP contribution in [0.3, 0.4) is 0 Å². The third-order valence-electron chi connectivity index (χ3n) is 4.59. The van der Waals surface area contributed by atoms with Gasteiger partial charge in [-0.05, 0) is 30.3 Å². The van der Waals surface area contributed by atoms with Crippen LogP contribution in [-0.4, -0.2) is 28.6 Å². The molecule has 0 aliphatic rings. The third kappa shape index (κ3) is 4.75. The topological polar surface area (TPSA) is 52.1 Å². The standard InChI is InChI=1S/C25H20N2O2S/c1-29-21-14-12-20(13-15-21)24(28)17-30-25-26-22(18-8-4-2-5-9-18)16-23(27-25)19-10-6-3-7-11-19/h2-16H,17H2,1H3. The molecular formula is C25H20N2O2S. The third-order valence-corrected chi connectivity index (χ3v) is 5.44. The number of ketones is 1. The van der Waals surface area contributed by atoms with E-state index >= 15 is 0 Å². The maximum absolute atomic E-state index is 12.6. The van der Waals surface area contributed by atoms with Gasteiger partial charge in [0, 0.05) is 16.7 Å². The zero-order chi connectivity index (χ0) is 20.8. The highest BCUT2D eigenvalue weighted by atomic mass is 32.2. The number of aromatic nitrogens is 2. The van der Waals surface area contributed by atoms with E-state index in [0.717, 1.165) is 28.3 Å². The molecule has 0 saturated carbocycles. The second-order valence-corrected chi connectivity index (χ2v) is 7.54. The zero-order valence-electron chi connectivity index (χ0n) is 16.5. The van der Waals surface area contributed by atoms with Crippen LogP contribution in [0.15, 0.2) is 96.2 Å². The molecule has 4 nitrogen and oxygen atoms in total. The summed E-state index contributed by atoms with van der Waals surface area (Å²) in [5.74, 6) is 1.02. The summed E-state index contributed by atoms with van der Waals surface area (Å²) < 4.78 is 5.15. The fourth-order valence-corrected chi connectivity index (χ4v) is 3.75. The van der Waals surface area contributed by atoms with Crippen LogP contribution in [0.1, 0.15) is 10.4 Å². The summed E-state index contributed by atoms with van der Waals surface area (Å²) in [6.45, 7) is 0. The fourth-order valence-electron chi connectivity index (χ4n) is 2.99. The molecule has 0 N–H and O–H groups in total. The largest absolute Gasteiger partial charge is 0.497 e. The van der Waals surface area contributed by atoms with Crippen molar-refractivity contribution in [1.29, 1.82) is 0 Å². The number of rotatable bonds is 7. The normalized spacial score (nSPS) is 10.6. The zero-order valence-corrected chi connectivity index (χ0v) is 17.3. The van der Waals surface area contributed by atoms with Crippen LogP contribution in [0.25, 0.3) is 22.5 Å². The highest BCUT2D eigenvalue weighted by Crippen LogP contribution is 2.27. The monoisotopic (exact) mass is 412 g/mol. The van der Waals surface area contributed by atoms with Crippen molar-refractivity contribution in [2.45, 2.75) is 5.16 Å². The number of benzene rings is 3. The van der Waals surface area contributed by atoms with Crippen molar-refractivity contribution in [3.8, 4) is 28.3 Å². The van der Waals surface area contributed by atoms with Crippen molar-refractivity contribution in [3.05, 3.63) is 96.6 Å². The van der Waals surface area contributed by atoms with Crippen molar-refractivity contribution in [2.75, 3.05) is 12.9 Å². The van der Waals surface area contributed by atoms with E-state index in [1.807, 2.05) is 66.7 Å². The number of ether oxygens (including phenoxy) is 1. The molecule has 0 radical (unpaired) electrons. The molecule has 1 aromatic heterocycles. The van der Waals surface area contributed by atoms with Gasteiger partial charge in [0.05, 0.1) is 24.3 Å². The van der Waals surface area contributed by atoms with Gasteiger partial charge in [-0.3, -0.25) is 4.79 Å². The van der Waals surface area contributed by atoms with E-state index in [0.29, 0.717) is 10.7 Å². The lowest BCUT2D eigenvalue weighted by atomic mass is 10.1. The minimum absolute atomic E-state index is 0.0256. The molecule has 0 unspecified atom stereocenters. The number of hydrogen-bond acceptors (Lipinski definition) is 5. The van der Waals surface area contributed by atoms with Crippen LogP contribution in [0.5, 0.6) is 5.75 Å². The van der Waals surface area contributed by atoms with Crippen LogP contribution in [-0.2, 0) is 0 Å². The Morgan fingerprint density at radius 3 is 1.83 bits per heavy atom. The summed E-state index contributed by atoms with van der Waals surface area (Å²) >= 11 is 1.35. The molecule has 0 saturated heterocycles. The number of nitrogens with zero attached hydrogens (tertiary/aromatic N) is 2. The van der Waals surface area contributed by atoms with E-state index in [1.165, 1.54) is 11.8 Å². The van der Waals surface area contributed by atoms with E-state index in [1.54, 1.807) is 31.4 Å². The first-order chi connectivity index (χ1) is 14.7. The second kappa shape index (κ2) is 9.37. The van der Waals surface area contributed by atoms with Crippen LogP contribution in [0.4, 0.5) is 0 Å². The Morgan fingerprint density at radius 1 is 0.800 bits per heavy atom. The van der Waals surface area contributed by atoms with Gasteiger partial charge in [0.15, 0.2) is 10.9 Å². The first-order valence-electron chi connectivity index (χ1n) is 9.53. The SMILES string of the molecule is COc1ccc(C(=O)CSc2nc(-c3ccccc3)cc(-c3ccccc3)n2)cc1. The van der Waals surface area contributed by atoms with E-state index < -0.39 is 0 Å². The molecular weight excluding hydrogens is 392 g/mol.